The minimum Gasteiger partial charge on any atom is -0.497 e. The highest BCUT2D eigenvalue weighted by Crippen LogP contribution is 2.15. The molecule has 0 spiro atoms. The van der Waals surface area contributed by atoms with Gasteiger partial charge >= 0.3 is 0 Å². The van der Waals surface area contributed by atoms with Gasteiger partial charge in [-0.1, -0.05) is 17.3 Å². The first-order valence-corrected chi connectivity index (χ1v) is 9.00. The molecule has 126 valence electrons. The molecule has 1 aromatic carbocycles. The third-order valence-corrected chi connectivity index (χ3v) is 4.41. The van der Waals surface area contributed by atoms with Crippen molar-refractivity contribution in [1.82, 2.24) is 19.9 Å². The van der Waals surface area contributed by atoms with E-state index in [0.29, 0.717) is 18.1 Å². The number of benzene rings is 1. The fraction of sp³-hybridized carbons (Fsp3) is 0.267. The Hall–Kier alpha value is -2.68. The van der Waals surface area contributed by atoms with Crippen LogP contribution in [0.3, 0.4) is 0 Å². The maximum absolute atomic E-state index is 11.4. The fourth-order valence-corrected chi connectivity index (χ4v) is 2.70. The van der Waals surface area contributed by atoms with Gasteiger partial charge in [-0.25, -0.2) is 8.42 Å². The van der Waals surface area contributed by atoms with E-state index < -0.39 is 9.84 Å². The Morgan fingerprint density at radius 3 is 2.88 bits per heavy atom. The molecular weight excluding hydrogens is 332 g/mol. The van der Waals surface area contributed by atoms with Crippen molar-refractivity contribution in [3.8, 4) is 5.75 Å². The van der Waals surface area contributed by atoms with Crippen LogP contribution in [0.1, 0.15) is 17.3 Å². The van der Waals surface area contributed by atoms with Crippen molar-refractivity contribution in [1.29, 1.82) is 0 Å². The predicted octanol–water partition coefficient (Wildman–Crippen LogP) is 1.32. The van der Waals surface area contributed by atoms with E-state index >= 15 is 0 Å². The zero-order chi connectivity index (χ0) is 17.2. The molecule has 0 saturated carbocycles. The van der Waals surface area contributed by atoms with E-state index in [1.54, 1.807) is 7.11 Å². The first kappa shape index (κ1) is 16.2. The van der Waals surface area contributed by atoms with E-state index in [2.05, 4.69) is 15.2 Å². The van der Waals surface area contributed by atoms with Crippen molar-refractivity contribution >= 4 is 9.84 Å². The van der Waals surface area contributed by atoms with Gasteiger partial charge in [0.1, 0.15) is 17.2 Å². The van der Waals surface area contributed by atoms with Crippen LogP contribution in [-0.4, -0.2) is 41.7 Å². The van der Waals surface area contributed by atoms with Gasteiger partial charge in [0, 0.05) is 18.9 Å². The van der Waals surface area contributed by atoms with Crippen LogP contribution in [0.4, 0.5) is 0 Å². The molecular formula is C15H16N4O4S. The van der Waals surface area contributed by atoms with E-state index in [0.717, 1.165) is 17.6 Å². The van der Waals surface area contributed by atoms with E-state index in [1.807, 2.05) is 24.3 Å². The molecule has 9 heteroatoms. The second kappa shape index (κ2) is 6.44. The van der Waals surface area contributed by atoms with Crippen LogP contribution in [0.5, 0.6) is 5.75 Å². The van der Waals surface area contributed by atoms with Crippen LogP contribution in [0, 0.1) is 0 Å². The summed E-state index contributed by atoms with van der Waals surface area (Å²) in [4.78, 5) is 4.45. The number of nitrogens with zero attached hydrogens (tertiary/aromatic N) is 4. The summed E-state index contributed by atoms with van der Waals surface area (Å²) in [6, 6.07) is 7.61. The Bertz CT molecular complexity index is 946. The van der Waals surface area contributed by atoms with Gasteiger partial charge in [0.15, 0.2) is 15.7 Å². The maximum atomic E-state index is 11.4. The zero-order valence-electron chi connectivity index (χ0n) is 13.2. The van der Waals surface area contributed by atoms with E-state index in [9.17, 15) is 8.42 Å². The third kappa shape index (κ3) is 3.80. The average molecular weight is 348 g/mol. The lowest BCUT2D eigenvalue weighted by Gasteiger charge is -2.01. The van der Waals surface area contributed by atoms with Crippen LogP contribution in [-0.2, 0) is 22.8 Å². The van der Waals surface area contributed by atoms with Crippen molar-refractivity contribution in [3.05, 3.63) is 53.9 Å². The van der Waals surface area contributed by atoms with Gasteiger partial charge in [0.2, 0.25) is 5.89 Å². The molecule has 0 amide bonds. The number of sulfone groups is 1. The quantitative estimate of drug-likeness (QED) is 0.662. The molecule has 0 unspecified atom stereocenters. The Balaban J connectivity index is 1.70. The van der Waals surface area contributed by atoms with Gasteiger partial charge in [0.25, 0.3) is 0 Å². The molecule has 0 N–H and O–H groups in total. The highest BCUT2D eigenvalue weighted by atomic mass is 32.2. The minimum atomic E-state index is -3.28. The van der Waals surface area contributed by atoms with Crippen LogP contribution in [0.25, 0.3) is 0 Å². The minimum absolute atomic E-state index is 0.151. The van der Waals surface area contributed by atoms with Crippen LogP contribution < -0.4 is 4.74 Å². The second-order valence-corrected chi connectivity index (χ2v) is 7.29. The first-order chi connectivity index (χ1) is 11.4. The molecule has 3 rings (SSSR count). The van der Waals surface area contributed by atoms with Crippen LogP contribution in [0.2, 0.25) is 0 Å². The molecule has 0 aliphatic carbocycles. The lowest BCUT2D eigenvalue weighted by atomic mass is 10.1. The van der Waals surface area contributed by atoms with Crippen molar-refractivity contribution in [2.45, 2.75) is 17.9 Å². The molecule has 8 nitrogen and oxygen atoms in total. The lowest BCUT2D eigenvalue weighted by Crippen LogP contribution is -2.01. The zero-order valence-corrected chi connectivity index (χ0v) is 14.0. The highest BCUT2D eigenvalue weighted by Gasteiger charge is 2.13. The van der Waals surface area contributed by atoms with Crippen molar-refractivity contribution in [3.63, 3.8) is 0 Å². The Morgan fingerprint density at radius 1 is 1.33 bits per heavy atom. The monoisotopic (exact) mass is 348 g/mol. The van der Waals surface area contributed by atoms with Gasteiger partial charge in [-0.15, -0.1) is 0 Å². The van der Waals surface area contributed by atoms with E-state index in [4.69, 9.17) is 9.26 Å². The van der Waals surface area contributed by atoms with Crippen molar-refractivity contribution in [2.75, 3.05) is 13.4 Å². The standard InChI is InChI=1S/C15H16N4O4S/c1-22-12-5-3-4-11(6-12)7-14-17-15(23-18-14)10-19-9-13(8-16-19)24(2,20)21/h3-6,8-9H,7,10H2,1-2H3. The van der Waals surface area contributed by atoms with Gasteiger partial charge in [-0.2, -0.15) is 10.1 Å². The van der Waals surface area contributed by atoms with Gasteiger partial charge in [0.05, 0.1) is 13.3 Å². The second-order valence-electron chi connectivity index (χ2n) is 5.28. The summed E-state index contributed by atoms with van der Waals surface area (Å²) in [5.74, 6) is 1.66. The molecule has 0 aliphatic heterocycles. The average Bonchev–Trinajstić information content (AvgIpc) is 3.17. The van der Waals surface area contributed by atoms with Crippen molar-refractivity contribution in [2.24, 2.45) is 0 Å². The van der Waals surface area contributed by atoms with Crippen LogP contribution >= 0.6 is 0 Å². The summed E-state index contributed by atoms with van der Waals surface area (Å²) in [5, 5.41) is 7.92. The van der Waals surface area contributed by atoms with Gasteiger partial charge in [-0.05, 0) is 17.7 Å². The number of methoxy groups -OCH3 is 1. The Kier molecular flexibility index (Phi) is 4.34. The smallest absolute Gasteiger partial charge is 0.248 e. The number of ether oxygens (including phenoxy) is 1. The summed E-state index contributed by atoms with van der Waals surface area (Å²) < 4.78 is 34.7. The largest absolute Gasteiger partial charge is 0.497 e. The molecule has 0 atom stereocenters. The molecule has 3 aromatic rings. The molecule has 2 heterocycles. The summed E-state index contributed by atoms with van der Waals surface area (Å²) in [6.07, 6.45) is 4.37. The normalized spacial score (nSPS) is 11.6. The summed E-state index contributed by atoms with van der Waals surface area (Å²) in [7, 11) is -1.67. The first-order valence-electron chi connectivity index (χ1n) is 7.11. The lowest BCUT2D eigenvalue weighted by molar-refractivity contribution is 0.361. The Labute approximate surface area is 139 Å². The number of hydrogen-bond acceptors (Lipinski definition) is 7. The topological polar surface area (TPSA) is 100 Å². The third-order valence-electron chi connectivity index (χ3n) is 3.34. The highest BCUT2D eigenvalue weighted by molar-refractivity contribution is 7.90. The molecule has 0 bridgehead atoms. The summed E-state index contributed by atoms with van der Waals surface area (Å²) in [6.45, 7) is 0.209. The number of hydrogen-bond donors (Lipinski definition) is 0. The summed E-state index contributed by atoms with van der Waals surface area (Å²) in [5.41, 5.74) is 1.00. The Morgan fingerprint density at radius 2 is 2.17 bits per heavy atom. The summed E-state index contributed by atoms with van der Waals surface area (Å²) >= 11 is 0. The van der Waals surface area contributed by atoms with Crippen molar-refractivity contribution < 1.29 is 17.7 Å². The predicted molar refractivity (Wildman–Crippen MR) is 84.5 cm³/mol. The molecule has 24 heavy (non-hydrogen) atoms. The van der Waals surface area contributed by atoms with E-state index in [1.165, 1.54) is 17.1 Å². The van der Waals surface area contributed by atoms with Crippen LogP contribution in [0.15, 0.2) is 46.1 Å². The van der Waals surface area contributed by atoms with Gasteiger partial charge < -0.3 is 9.26 Å². The molecule has 0 fully saturated rings. The van der Waals surface area contributed by atoms with Gasteiger partial charge in [-0.3, -0.25) is 4.68 Å². The van der Waals surface area contributed by atoms with E-state index in [-0.39, 0.29) is 11.4 Å². The fourth-order valence-electron chi connectivity index (χ4n) is 2.15. The molecule has 0 aliphatic rings. The number of rotatable bonds is 6. The number of aromatic nitrogens is 4. The maximum Gasteiger partial charge on any atom is 0.248 e. The molecule has 0 saturated heterocycles. The molecule has 0 radical (unpaired) electrons. The molecule has 2 aromatic heterocycles. The SMILES string of the molecule is COc1cccc(Cc2noc(Cn3cc(S(C)(=O)=O)cn3)n2)c1.